The number of methoxy groups -OCH3 is 1. The number of pyridine rings is 1. The monoisotopic (exact) mass is 495 g/mol. The number of rotatable bonds is 9. The van der Waals surface area contributed by atoms with E-state index in [1.165, 1.54) is 5.69 Å². The highest BCUT2D eigenvalue weighted by atomic mass is 32.2. The van der Waals surface area contributed by atoms with Gasteiger partial charge in [-0.2, -0.15) is 0 Å². The molecule has 1 saturated heterocycles. The normalized spacial score (nSPS) is 14.2. The fourth-order valence-corrected chi connectivity index (χ4v) is 5.32. The molecule has 2 heterocycles. The summed E-state index contributed by atoms with van der Waals surface area (Å²) in [7, 11) is -1.78. The van der Waals surface area contributed by atoms with Gasteiger partial charge < -0.3 is 20.7 Å². The zero-order valence-corrected chi connectivity index (χ0v) is 21.1. The fourth-order valence-electron chi connectivity index (χ4n) is 4.27. The Morgan fingerprint density at radius 3 is 2.46 bits per heavy atom. The van der Waals surface area contributed by atoms with Crippen molar-refractivity contribution in [2.45, 2.75) is 19.9 Å². The van der Waals surface area contributed by atoms with E-state index in [0.717, 1.165) is 54.0 Å². The van der Waals surface area contributed by atoms with E-state index in [4.69, 9.17) is 10.5 Å². The van der Waals surface area contributed by atoms with Crippen molar-refractivity contribution in [3.8, 4) is 28.0 Å². The SMILES string of the molecule is CCCS(=O)(=O)NCc1cc(-c2cc(-c3ccc(N4CCNCC4)cc3)cnc2N)ccc1OC. The van der Waals surface area contributed by atoms with Crippen LogP contribution in [0.2, 0.25) is 0 Å². The van der Waals surface area contributed by atoms with Gasteiger partial charge in [-0.3, -0.25) is 0 Å². The predicted octanol–water partition coefficient (Wildman–Crippen LogP) is 3.25. The molecule has 0 atom stereocenters. The first kappa shape index (κ1) is 25.0. The molecule has 0 spiro atoms. The molecule has 186 valence electrons. The second kappa shape index (κ2) is 11.1. The van der Waals surface area contributed by atoms with E-state index < -0.39 is 10.0 Å². The molecule has 0 unspecified atom stereocenters. The van der Waals surface area contributed by atoms with Crippen LogP contribution in [0.5, 0.6) is 5.75 Å². The lowest BCUT2D eigenvalue weighted by atomic mass is 9.99. The molecule has 4 rings (SSSR count). The zero-order valence-electron chi connectivity index (χ0n) is 20.3. The average molecular weight is 496 g/mol. The lowest BCUT2D eigenvalue weighted by Gasteiger charge is -2.29. The van der Waals surface area contributed by atoms with Crippen molar-refractivity contribution in [2.75, 3.05) is 49.7 Å². The summed E-state index contributed by atoms with van der Waals surface area (Å²) in [5, 5.41) is 3.38. The fraction of sp³-hybridized carbons (Fsp3) is 0.346. The van der Waals surface area contributed by atoms with Crippen molar-refractivity contribution in [1.29, 1.82) is 0 Å². The molecule has 0 radical (unpaired) electrons. The van der Waals surface area contributed by atoms with E-state index in [-0.39, 0.29) is 12.3 Å². The summed E-state index contributed by atoms with van der Waals surface area (Å²) in [6, 6.07) is 16.2. The van der Waals surface area contributed by atoms with Gasteiger partial charge in [-0.1, -0.05) is 25.1 Å². The number of hydrogen-bond acceptors (Lipinski definition) is 7. The van der Waals surface area contributed by atoms with Gasteiger partial charge in [0.25, 0.3) is 0 Å². The van der Waals surface area contributed by atoms with Crippen molar-refractivity contribution < 1.29 is 13.2 Å². The van der Waals surface area contributed by atoms with E-state index in [1.807, 2.05) is 31.2 Å². The van der Waals surface area contributed by atoms with Gasteiger partial charge in [0, 0.05) is 61.3 Å². The van der Waals surface area contributed by atoms with Crippen LogP contribution in [-0.4, -0.2) is 52.4 Å². The lowest BCUT2D eigenvalue weighted by molar-refractivity contribution is 0.409. The molecule has 0 bridgehead atoms. The summed E-state index contributed by atoms with van der Waals surface area (Å²) in [6.07, 6.45) is 2.33. The van der Waals surface area contributed by atoms with E-state index in [0.29, 0.717) is 18.0 Å². The van der Waals surface area contributed by atoms with E-state index in [9.17, 15) is 8.42 Å². The average Bonchev–Trinajstić information content (AvgIpc) is 2.88. The molecule has 0 amide bonds. The Labute approximate surface area is 207 Å². The van der Waals surface area contributed by atoms with Gasteiger partial charge in [-0.25, -0.2) is 18.1 Å². The first-order chi connectivity index (χ1) is 16.9. The number of nitrogen functional groups attached to an aromatic ring is 1. The highest BCUT2D eigenvalue weighted by Crippen LogP contribution is 2.33. The van der Waals surface area contributed by atoms with Crippen LogP contribution >= 0.6 is 0 Å². The third-order valence-corrected chi connectivity index (χ3v) is 7.68. The topological polar surface area (TPSA) is 110 Å². The number of benzene rings is 2. The van der Waals surface area contributed by atoms with Crippen LogP contribution in [0.15, 0.2) is 54.7 Å². The third-order valence-electron chi connectivity index (χ3n) is 6.15. The predicted molar refractivity (Wildman–Crippen MR) is 142 cm³/mol. The maximum Gasteiger partial charge on any atom is 0.211 e. The summed E-state index contributed by atoms with van der Waals surface area (Å²) < 4.78 is 32.4. The maximum atomic E-state index is 12.2. The Balaban J connectivity index is 1.60. The molecule has 8 nitrogen and oxygen atoms in total. The Bertz CT molecular complexity index is 1260. The minimum Gasteiger partial charge on any atom is -0.496 e. The maximum absolute atomic E-state index is 12.2. The highest BCUT2D eigenvalue weighted by Gasteiger charge is 2.15. The van der Waals surface area contributed by atoms with Gasteiger partial charge in [0.2, 0.25) is 10.0 Å². The van der Waals surface area contributed by atoms with Gasteiger partial charge in [-0.05, 0) is 47.9 Å². The molecule has 1 aliphatic heterocycles. The Kier molecular flexibility index (Phi) is 7.90. The molecule has 0 aliphatic carbocycles. The summed E-state index contributed by atoms with van der Waals surface area (Å²) in [5.41, 5.74) is 11.8. The first-order valence-corrected chi connectivity index (χ1v) is 13.5. The van der Waals surface area contributed by atoms with Crippen LogP contribution in [0.4, 0.5) is 11.5 Å². The first-order valence-electron chi connectivity index (χ1n) is 11.9. The van der Waals surface area contributed by atoms with Crippen LogP contribution in [-0.2, 0) is 16.6 Å². The van der Waals surface area contributed by atoms with Crippen molar-refractivity contribution in [3.63, 3.8) is 0 Å². The second-order valence-electron chi connectivity index (χ2n) is 8.61. The standard InChI is InChI=1S/C26H33N5O3S/c1-3-14-35(32,33)30-18-22-15-20(6-9-25(22)34-2)24-16-21(17-29-26(24)27)19-4-7-23(8-5-19)31-12-10-28-11-13-31/h4-9,15-17,28,30H,3,10-14,18H2,1-2H3,(H2,27,29). The number of nitrogens with one attached hydrogen (secondary N) is 2. The van der Waals surface area contributed by atoms with Crippen LogP contribution in [0.25, 0.3) is 22.3 Å². The van der Waals surface area contributed by atoms with Gasteiger partial charge >= 0.3 is 0 Å². The molecule has 4 N–H and O–H groups in total. The summed E-state index contributed by atoms with van der Waals surface area (Å²) in [4.78, 5) is 6.82. The molecular weight excluding hydrogens is 462 g/mol. The molecule has 1 fully saturated rings. The lowest BCUT2D eigenvalue weighted by Crippen LogP contribution is -2.43. The molecule has 9 heteroatoms. The molecule has 35 heavy (non-hydrogen) atoms. The number of piperazine rings is 1. The Hall–Kier alpha value is -3.14. The third kappa shape index (κ3) is 6.11. The van der Waals surface area contributed by atoms with E-state index in [1.54, 1.807) is 13.3 Å². The van der Waals surface area contributed by atoms with Gasteiger partial charge in [0.1, 0.15) is 11.6 Å². The molecular formula is C26H33N5O3S. The van der Waals surface area contributed by atoms with Crippen molar-refractivity contribution in [3.05, 3.63) is 60.3 Å². The van der Waals surface area contributed by atoms with Crippen LogP contribution in [0.3, 0.4) is 0 Å². The van der Waals surface area contributed by atoms with Crippen molar-refractivity contribution in [1.82, 2.24) is 15.0 Å². The van der Waals surface area contributed by atoms with Crippen LogP contribution in [0.1, 0.15) is 18.9 Å². The number of ether oxygens (including phenoxy) is 1. The zero-order chi connectivity index (χ0) is 24.8. The van der Waals surface area contributed by atoms with E-state index in [2.05, 4.69) is 44.2 Å². The number of nitrogens with zero attached hydrogens (tertiary/aromatic N) is 2. The van der Waals surface area contributed by atoms with Gasteiger partial charge in [0.15, 0.2) is 0 Å². The highest BCUT2D eigenvalue weighted by molar-refractivity contribution is 7.89. The molecule has 0 saturated carbocycles. The largest absolute Gasteiger partial charge is 0.496 e. The quantitative estimate of drug-likeness (QED) is 0.418. The van der Waals surface area contributed by atoms with Gasteiger partial charge in [0.05, 0.1) is 12.9 Å². The number of anilines is 2. The number of hydrogen-bond donors (Lipinski definition) is 3. The number of nitrogens with two attached hydrogens (primary N) is 1. The Morgan fingerprint density at radius 1 is 1.06 bits per heavy atom. The minimum absolute atomic E-state index is 0.0847. The van der Waals surface area contributed by atoms with Crippen LogP contribution in [0, 0.1) is 0 Å². The summed E-state index contributed by atoms with van der Waals surface area (Å²) in [5.74, 6) is 1.11. The van der Waals surface area contributed by atoms with Crippen LogP contribution < -0.4 is 25.4 Å². The second-order valence-corrected chi connectivity index (χ2v) is 10.5. The molecule has 1 aromatic heterocycles. The molecule has 2 aromatic carbocycles. The number of sulfonamides is 1. The van der Waals surface area contributed by atoms with Crippen molar-refractivity contribution in [2.24, 2.45) is 0 Å². The summed E-state index contributed by atoms with van der Waals surface area (Å²) in [6.45, 7) is 5.97. The number of aromatic nitrogens is 1. The van der Waals surface area contributed by atoms with E-state index >= 15 is 0 Å². The smallest absolute Gasteiger partial charge is 0.211 e. The molecule has 1 aliphatic rings. The Morgan fingerprint density at radius 2 is 1.77 bits per heavy atom. The molecule has 3 aromatic rings. The minimum atomic E-state index is -3.34. The van der Waals surface area contributed by atoms with Crippen molar-refractivity contribution >= 4 is 21.5 Å². The van der Waals surface area contributed by atoms with Gasteiger partial charge in [-0.15, -0.1) is 0 Å². The summed E-state index contributed by atoms with van der Waals surface area (Å²) >= 11 is 0.